The first-order chi connectivity index (χ1) is 15.5. The second-order valence-corrected chi connectivity index (χ2v) is 9.62. The molecule has 0 spiro atoms. The van der Waals surface area contributed by atoms with Crippen LogP contribution < -0.4 is 10.1 Å². The van der Waals surface area contributed by atoms with E-state index in [1.54, 1.807) is 6.92 Å². The lowest BCUT2D eigenvalue weighted by Gasteiger charge is -2.34. The maximum absolute atomic E-state index is 13.1. The third-order valence-electron chi connectivity index (χ3n) is 5.50. The first-order valence-electron chi connectivity index (χ1n) is 10.0. The maximum Gasteiger partial charge on any atom is 0.416 e. The zero-order valence-electron chi connectivity index (χ0n) is 17.4. The van der Waals surface area contributed by atoms with Gasteiger partial charge in [-0.2, -0.15) is 17.5 Å². The van der Waals surface area contributed by atoms with E-state index in [0.717, 1.165) is 24.3 Å². The summed E-state index contributed by atoms with van der Waals surface area (Å²) >= 11 is 0. The van der Waals surface area contributed by atoms with Crippen LogP contribution in [0.15, 0.2) is 47.4 Å². The number of sulfonamides is 1. The highest BCUT2D eigenvalue weighted by Crippen LogP contribution is 2.33. The van der Waals surface area contributed by atoms with E-state index >= 15 is 0 Å². The van der Waals surface area contributed by atoms with Crippen molar-refractivity contribution in [3.8, 4) is 5.75 Å². The molecule has 176 valence electrons. The highest BCUT2D eigenvalue weighted by atomic mass is 32.2. The minimum atomic E-state index is -4.49. The van der Waals surface area contributed by atoms with Crippen molar-refractivity contribution >= 4 is 27.5 Å². The van der Waals surface area contributed by atoms with Crippen molar-refractivity contribution in [2.75, 3.05) is 31.5 Å². The number of hydrogen-bond donors (Lipinski definition) is 1. The van der Waals surface area contributed by atoms with E-state index in [1.807, 2.05) is 0 Å². The smallest absolute Gasteiger partial charge is 0.416 e. The van der Waals surface area contributed by atoms with E-state index in [-0.39, 0.29) is 48.2 Å². The molecule has 0 aromatic heterocycles. The summed E-state index contributed by atoms with van der Waals surface area (Å²) in [6.45, 7) is 1.79. The fourth-order valence-corrected chi connectivity index (χ4v) is 5.06. The summed E-state index contributed by atoms with van der Waals surface area (Å²) < 4.78 is 70.9. The molecule has 33 heavy (non-hydrogen) atoms. The number of carbonyl (C=O) groups is 2. The van der Waals surface area contributed by atoms with Crippen molar-refractivity contribution in [3.05, 3.63) is 53.6 Å². The lowest BCUT2D eigenvalue weighted by atomic mass is 10.1. The second-order valence-electron chi connectivity index (χ2n) is 7.68. The summed E-state index contributed by atoms with van der Waals surface area (Å²) in [5, 5.41) is 2.61. The van der Waals surface area contributed by atoms with Gasteiger partial charge in [0.1, 0.15) is 5.75 Å². The van der Waals surface area contributed by atoms with Crippen molar-refractivity contribution in [2.24, 2.45) is 0 Å². The number of alkyl halides is 3. The van der Waals surface area contributed by atoms with Crippen LogP contribution in [-0.4, -0.2) is 61.7 Å². The van der Waals surface area contributed by atoms with Crippen molar-refractivity contribution in [1.29, 1.82) is 0 Å². The van der Waals surface area contributed by atoms with Crippen molar-refractivity contribution < 1.29 is 35.9 Å². The number of benzene rings is 2. The SMILES string of the molecule is CC1Oc2ccc(S(=O)(=O)N3CCN(C(=O)c4ccc(C(F)(F)F)cc4)CC3)cc2NC1=O. The van der Waals surface area contributed by atoms with E-state index in [0.29, 0.717) is 5.75 Å². The first kappa shape index (κ1) is 23.1. The van der Waals surface area contributed by atoms with Crippen LogP contribution in [-0.2, 0) is 21.0 Å². The fraction of sp³-hybridized carbons (Fsp3) is 0.333. The Morgan fingerprint density at radius 2 is 1.70 bits per heavy atom. The van der Waals surface area contributed by atoms with Crippen molar-refractivity contribution in [2.45, 2.75) is 24.1 Å². The van der Waals surface area contributed by atoms with Gasteiger partial charge >= 0.3 is 6.18 Å². The molecule has 2 heterocycles. The molecule has 2 aromatic carbocycles. The van der Waals surface area contributed by atoms with Gasteiger partial charge in [-0.25, -0.2) is 8.42 Å². The van der Waals surface area contributed by atoms with Gasteiger partial charge in [-0.1, -0.05) is 0 Å². The van der Waals surface area contributed by atoms with Crippen LogP contribution in [0.5, 0.6) is 5.75 Å². The fourth-order valence-electron chi connectivity index (χ4n) is 3.61. The number of piperazine rings is 1. The molecule has 1 atom stereocenters. The third-order valence-corrected chi connectivity index (χ3v) is 7.40. The van der Waals surface area contributed by atoms with E-state index in [1.165, 1.54) is 27.4 Å². The molecule has 2 amide bonds. The predicted octanol–water partition coefficient (Wildman–Crippen LogP) is 2.57. The molecule has 8 nitrogen and oxygen atoms in total. The van der Waals surface area contributed by atoms with Crippen LogP contribution in [0.25, 0.3) is 0 Å². The zero-order valence-corrected chi connectivity index (χ0v) is 18.2. The molecule has 12 heteroatoms. The number of anilines is 1. The minimum absolute atomic E-state index is 0.0195. The molecule has 1 N–H and O–H groups in total. The van der Waals surface area contributed by atoms with Gasteiger partial charge in [0.15, 0.2) is 6.10 Å². The normalized spacial score (nSPS) is 19.5. The summed E-state index contributed by atoms with van der Waals surface area (Å²) in [6.07, 6.45) is -5.18. The molecule has 1 fully saturated rings. The van der Waals surface area contributed by atoms with Gasteiger partial charge in [0.05, 0.1) is 16.1 Å². The van der Waals surface area contributed by atoms with Crippen LogP contribution in [0.2, 0.25) is 0 Å². The highest BCUT2D eigenvalue weighted by Gasteiger charge is 2.33. The van der Waals surface area contributed by atoms with Crippen LogP contribution >= 0.6 is 0 Å². The van der Waals surface area contributed by atoms with Gasteiger partial charge in [0.25, 0.3) is 11.8 Å². The van der Waals surface area contributed by atoms with Crippen molar-refractivity contribution in [3.63, 3.8) is 0 Å². The summed E-state index contributed by atoms with van der Waals surface area (Å²) in [7, 11) is -3.90. The van der Waals surface area contributed by atoms with Gasteiger partial charge in [-0.05, 0) is 49.4 Å². The quantitative estimate of drug-likeness (QED) is 0.724. The molecule has 0 radical (unpaired) electrons. The van der Waals surface area contributed by atoms with Crippen LogP contribution in [0.3, 0.4) is 0 Å². The van der Waals surface area contributed by atoms with Crippen LogP contribution in [0.4, 0.5) is 18.9 Å². The first-order valence-corrected chi connectivity index (χ1v) is 11.5. The number of carbonyl (C=O) groups excluding carboxylic acids is 2. The molecule has 1 unspecified atom stereocenters. The van der Waals surface area contributed by atoms with Gasteiger partial charge in [-0.15, -0.1) is 0 Å². The number of fused-ring (bicyclic) bond motifs is 1. The summed E-state index contributed by atoms with van der Waals surface area (Å²) in [6, 6.07) is 8.09. The molecule has 2 aromatic rings. The zero-order chi connectivity index (χ0) is 24.0. The largest absolute Gasteiger partial charge is 0.479 e. The molecular weight excluding hydrogens is 463 g/mol. The Morgan fingerprint density at radius 1 is 1.06 bits per heavy atom. The predicted molar refractivity (Wildman–Crippen MR) is 111 cm³/mol. The Balaban J connectivity index is 1.43. The number of nitrogens with zero attached hydrogens (tertiary/aromatic N) is 2. The van der Waals surface area contributed by atoms with Gasteiger partial charge in [0, 0.05) is 31.7 Å². The van der Waals surface area contributed by atoms with Gasteiger partial charge in [-0.3, -0.25) is 9.59 Å². The van der Waals surface area contributed by atoms with Gasteiger partial charge in [0.2, 0.25) is 10.0 Å². The van der Waals surface area contributed by atoms with E-state index in [9.17, 15) is 31.2 Å². The molecule has 0 bridgehead atoms. The molecule has 2 aliphatic heterocycles. The van der Waals surface area contributed by atoms with E-state index in [2.05, 4.69) is 5.32 Å². The number of hydrogen-bond acceptors (Lipinski definition) is 5. The lowest BCUT2D eigenvalue weighted by Crippen LogP contribution is -2.50. The van der Waals surface area contributed by atoms with E-state index in [4.69, 9.17) is 4.74 Å². The Morgan fingerprint density at radius 3 is 2.30 bits per heavy atom. The average molecular weight is 483 g/mol. The minimum Gasteiger partial charge on any atom is -0.479 e. The average Bonchev–Trinajstić information content (AvgIpc) is 2.78. The topological polar surface area (TPSA) is 96.0 Å². The Bertz CT molecular complexity index is 1190. The third kappa shape index (κ3) is 4.53. The molecule has 2 aliphatic rings. The Hall–Kier alpha value is -3.12. The van der Waals surface area contributed by atoms with E-state index < -0.39 is 33.8 Å². The molecule has 4 rings (SSSR count). The van der Waals surface area contributed by atoms with Crippen LogP contribution in [0, 0.1) is 0 Å². The summed E-state index contributed by atoms with van der Waals surface area (Å²) in [5.74, 6) is -0.482. The van der Waals surface area contributed by atoms with Crippen LogP contribution in [0.1, 0.15) is 22.8 Å². The standard InChI is InChI=1S/C21H20F3N3O5S/c1-13-19(28)25-17-12-16(6-7-18(17)32-13)33(30,31)27-10-8-26(9-11-27)20(29)14-2-4-15(5-3-14)21(22,23)24/h2-7,12-13H,8-11H2,1H3,(H,25,28). The van der Waals surface area contributed by atoms with Gasteiger partial charge < -0.3 is 15.0 Å². The number of amides is 2. The number of halogens is 3. The number of ether oxygens (including phenoxy) is 1. The molecule has 1 saturated heterocycles. The molecular formula is C21H20F3N3O5S. The Kier molecular flexibility index (Phi) is 5.83. The highest BCUT2D eigenvalue weighted by molar-refractivity contribution is 7.89. The monoisotopic (exact) mass is 483 g/mol. The second kappa shape index (κ2) is 8.34. The number of rotatable bonds is 3. The Labute approximate surface area is 188 Å². The lowest BCUT2D eigenvalue weighted by molar-refractivity contribution is -0.137. The number of nitrogens with one attached hydrogen (secondary N) is 1. The van der Waals surface area contributed by atoms with Crippen molar-refractivity contribution in [1.82, 2.24) is 9.21 Å². The summed E-state index contributed by atoms with van der Waals surface area (Å²) in [4.78, 5) is 25.8. The molecule has 0 saturated carbocycles. The maximum atomic E-state index is 13.1. The summed E-state index contributed by atoms with van der Waals surface area (Å²) in [5.41, 5.74) is -0.495. The molecule has 0 aliphatic carbocycles.